The van der Waals surface area contributed by atoms with E-state index in [1.165, 1.54) is 16.9 Å². The van der Waals surface area contributed by atoms with Crippen molar-refractivity contribution in [3.8, 4) is 0 Å². The van der Waals surface area contributed by atoms with Gasteiger partial charge in [0.05, 0.1) is 28.9 Å². The molecule has 0 aliphatic carbocycles. The summed E-state index contributed by atoms with van der Waals surface area (Å²) in [6.07, 6.45) is 3.76. The minimum atomic E-state index is -0.622. The van der Waals surface area contributed by atoms with Crippen LogP contribution in [-0.4, -0.2) is 37.7 Å². The van der Waals surface area contributed by atoms with Crippen LogP contribution in [0.4, 0.5) is 0 Å². The summed E-state index contributed by atoms with van der Waals surface area (Å²) in [5.74, 6) is 0. The van der Waals surface area contributed by atoms with Crippen LogP contribution in [0.5, 0.6) is 0 Å². The lowest BCUT2D eigenvalue weighted by Crippen LogP contribution is -2.50. The number of hydrogen-bond donors (Lipinski definition) is 2. The Hall–Kier alpha value is -1.84. The highest BCUT2D eigenvalue weighted by Gasteiger charge is 2.48. The molecule has 0 radical (unpaired) electrons. The number of nitrogens with one attached hydrogen (secondary N) is 1. The lowest BCUT2D eigenvalue weighted by Gasteiger charge is -2.46. The molecular weight excluding hydrogens is 446 g/mol. The maximum atomic E-state index is 10.4. The van der Waals surface area contributed by atoms with Gasteiger partial charge in [0.25, 0.3) is 0 Å². The molecular formula is C23H28ClN5O2S. The summed E-state index contributed by atoms with van der Waals surface area (Å²) in [7, 11) is 0. The smallest absolute Gasteiger partial charge is 0.106 e. The van der Waals surface area contributed by atoms with Crippen molar-refractivity contribution in [1.29, 1.82) is 0 Å². The molecule has 0 unspecified atom stereocenters. The Morgan fingerprint density at radius 1 is 1.31 bits per heavy atom. The zero-order valence-electron chi connectivity index (χ0n) is 18.5. The normalized spacial score (nSPS) is 27.6. The molecule has 2 N–H and O–H groups in total. The second kappa shape index (κ2) is 8.50. The molecule has 32 heavy (non-hydrogen) atoms. The summed E-state index contributed by atoms with van der Waals surface area (Å²) >= 11 is 7.84. The van der Waals surface area contributed by atoms with Gasteiger partial charge in [-0.1, -0.05) is 16.8 Å². The molecule has 5 heterocycles. The first-order valence-corrected chi connectivity index (χ1v) is 12.2. The summed E-state index contributed by atoms with van der Waals surface area (Å²) in [5.41, 5.74) is 4.68. The molecule has 1 fully saturated rings. The fourth-order valence-electron chi connectivity index (χ4n) is 5.10. The Labute approximate surface area is 196 Å². The average Bonchev–Trinajstić information content (AvgIpc) is 3.36. The average molecular weight is 474 g/mol. The minimum absolute atomic E-state index is 0.0100. The Kier molecular flexibility index (Phi) is 5.84. The van der Waals surface area contributed by atoms with Gasteiger partial charge < -0.3 is 15.2 Å². The molecule has 3 aromatic heterocycles. The summed E-state index contributed by atoms with van der Waals surface area (Å²) in [6, 6.07) is 6.33. The lowest BCUT2D eigenvalue weighted by atomic mass is 9.79. The second-order valence-electron chi connectivity index (χ2n) is 9.12. The van der Waals surface area contributed by atoms with E-state index in [9.17, 15) is 5.11 Å². The molecule has 0 bridgehead atoms. The summed E-state index contributed by atoms with van der Waals surface area (Å²) < 4.78 is 8.89. The van der Waals surface area contributed by atoms with Crippen LogP contribution in [0.25, 0.3) is 0 Å². The van der Waals surface area contributed by atoms with E-state index in [-0.39, 0.29) is 18.7 Å². The van der Waals surface area contributed by atoms with Gasteiger partial charge in [0.1, 0.15) is 11.7 Å². The van der Waals surface area contributed by atoms with Crippen LogP contribution in [0.15, 0.2) is 24.4 Å². The van der Waals surface area contributed by atoms with E-state index in [1.807, 2.05) is 23.9 Å². The van der Waals surface area contributed by atoms with E-state index < -0.39 is 11.7 Å². The molecule has 2 aliphatic heterocycles. The molecule has 7 nitrogen and oxygen atoms in total. The van der Waals surface area contributed by atoms with Crippen LogP contribution in [0, 0.1) is 13.8 Å². The van der Waals surface area contributed by atoms with Crippen molar-refractivity contribution in [2.24, 2.45) is 0 Å². The topological polar surface area (TPSA) is 85.1 Å². The fourth-order valence-corrected chi connectivity index (χ4v) is 6.55. The predicted molar refractivity (Wildman–Crippen MR) is 124 cm³/mol. The summed E-state index contributed by atoms with van der Waals surface area (Å²) in [5, 5.41) is 22.9. The number of thiophene rings is 1. The molecule has 4 atom stereocenters. The number of piperidine rings is 1. The molecule has 1 saturated heterocycles. The number of hydrogen-bond acceptors (Lipinski definition) is 7. The van der Waals surface area contributed by atoms with Gasteiger partial charge in [-0.15, -0.1) is 16.4 Å². The number of ether oxygens (including phenoxy) is 1. The fraction of sp³-hybridized carbons (Fsp3) is 0.522. The van der Waals surface area contributed by atoms with Crippen molar-refractivity contribution < 1.29 is 9.84 Å². The molecule has 2 aliphatic rings. The zero-order valence-corrected chi connectivity index (χ0v) is 20.1. The Morgan fingerprint density at radius 3 is 2.97 bits per heavy atom. The second-order valence-corrected chi connectivity index (χ2v) is 10.8. The van der Waals surface area contributed by atoms with Crippen molar-refractivity contribution in [1.82, 2.24) is 25.3 Å². The van der Waals surface area contributed by atoms with Gasteiger partial charge in [0.15, 0.2) is 0 Å². The van der Waals surface area contributed by atoms with Gasteiger partial charge >= 0.3 is 0 Å². The molecule has 0 aromatic carbocycles. The Balaban J connectivity index is 1.34. The first-order chi connectivity index (χ1) is 15.3. The monoisotopic (exact) mass is 473 g/mol. The third-order valence-corrected chi connectivity index (χ3v) is 7.80. The van der Waals surface area contributed by atoms with Crippen molar-refractivity contribution in [3.63, 3.8) is 0 Å². The third kappa shape index (κ3) is 4.22. The zero-order chi connectivity index (χ0) is 22.5. The maximum absolute atomic E-state index is 10.4. The molecule has 9 heteroatoms. The van der Waals surface area contributed by atoms with Crippen molar-refractivity contribution in [2.75, 3.05) is 6.61 Å². The van der Waals surface area contributed by atoms with Crippen LogP contribution >= 0.6 is 22.9 Å². The molecule has 0 amide bonds. The van der Waals surface area contributed by atoms with E-state index in [4.69, 9.17) is 16.3 Å². The number of rotatable bonds is 4. The summed E-state index contributed by atoms with van der Waals surface area (Å²) in [6.45, 7) is 7.29. The first-order valence-electron chi connectivity index (χ1n) is 11.0. The highest BCUT2D eigenvalue weighted by Crippen LogP contribution is 2.51. The van der Waals surface area contributed by atoms with Crippen LogP contribution < -0.4 is 5.32 Å². The number of fused-ring (bicyclic) bond motifs is 2. The van der Waals surface area contributed by atoms with E-state index >= 15 is 0 Å². The lowest BCUT2D eigenvalue weighted by molar-refractivity contribution is -0.129. The van der Waals surface area contributed by atoms with E-state index in [0.29, 0.717) is 4.34 Å². The largest absolute Gasteiger partial charge is 0.386 e. The first kappa shape index (κ1) is 22.0. The van der Waals surface area contributed by atoms with Gasteiger partial charge in [-0.2, -0.15) is 0 Å². The quantitative estimate of drug-likeness (QED) is 0.595. The van der Waals surface area contributed by atoms with Crippen LogP contribution in [-0.2, 0) is 23.3 Å². The number of pyridine rings is 1. The molecule has 1 spiro atoms. The van der Waals surface area contributed by atoms with E-state index in [2.05, 4.69) is 46.6 Å². The number of nitrogens with zero attached hydrogens (tertiary/aromatic N) is 4. The van der Waals surface area contributed by atoms with Crippen LogP contribution in [0.3, 0.4) is 0 Å². The van der Waals surface area contributed by atoms with Gasteiger partial charge in [0.2, 0.25) is 0 Å². The van der Waals surface area contributed by atoms with Gasteiger partial charge in [-0.3, -0.25) is 9.67 Å². The number of halogens is 1. The SMILES string of the molecule is Cc1cc(C)nc(CCn2cc([C@@H]3C[C@]4(C[C@H](C)N3)OC[C@@H](O)c3cc(Cl)sc34)nn2)c1. The van der Waals surface area contributed by atoms with Gasteiger partial charge in [0, 0.05) is 47.3 Å². The highest BCUT2D eigenvalue weighted by molar-refractivity contribution is 7.16. The summed E-state index contributed by atoms with van der Waals surface area (Å²) in [4.78, 5) is 5.67. The number of aryl methyl sites for hydroxylation is 4. The van der Waals surface area contributed by atoms with Crippen molar-refractivity contribution in [2.45, 2.75) is 70.4 Å². The predicted octanol–water partition coefficient (Wildman–Crippen LogP) is 4.02. The van der Waals surface area contributed by atoms with Gasteiger partial charge in [-0.25, -0.2) is 0 Å². The standard InChI is InChI=1S/C23H28ClN5O2S/c1-13-6-14(2)25-16(7-13)4-5-29-11-19(27-28-29)18-10-23(9-15(3)26-18)22-17(8-21(24)32-22)20(30)12-31-23/h6-8,11,15,18,20,26,30H,4-5,9-10,12H2,1-3H3/t15-,18-,20+,23-/m0/s1. The maximum Gasteiger partial charge on any atom is 0.106 e. The Bertz CT molecular complexity index is 1110. The van der Waals surface area contributed by atoms with Crippen molar-refractivity contribution in [3.05, 3.63) is 61.8 Å². The van der Waals surface area contributed by atoms with Crippen molar-refractivity contribution >= 4 is 22.9 Å². The third-order valence-electron chi connectivity index (χ3n) is 6.34. The molecule has 5 rings (SSSR count). The van der Waals surface area contributed by atoms with Crippen LogP contribution in [0.1, 0.15) is 65.0 Å². The molecule has 170 valence electrons. The molecule has 3 aromatic rings. The number of aromatic nitrogens is 4. The number of aliphatic hydroxyl groups excluding tert-OH is 1. The van der Waals surface area contributed by atoms with E-state index in [1.54, 1.807) is 0 Å². The molecule has 0 saturated carbocycles. The Morgan fingerprint density at radius 2 is 2.16 bits per heavy atom. The van der Waals surface area contributed by atoms with E-state index in [0.717, 1.165) is 53.3 Å². The van der Waals surface area contributed by atoms with Gasteiger partial charge in [-0.05, 0) is 51.0 Å². The highest BCUT2D eigenvalue weighted by atomic mass is 35.5. The minimum Gasteiger partial charge on any atom is -0.386 e. The number of aliphatic hydroxyl groups is 1. The van der Waals surface area contributed by atoms with Crippen LogP contribution in [0.2, 0.25) is 4.34 Å².